The van der Waals surface area contributed by atoms with Gasteiger partial charge < -0.3 is 9.84 Å². The highest BCUT2D eigenvalue weighted by Gasteiger charge is 2.41. The van der Waals surface area contributed by atoms with Crippen LogP contribution in [0.15, 0.2) is 48.5 Å². The highest BCUT2D eigenvalue weighted by atomic mass is 79.9. The maximum absolute atomic E-state index is 11.0. The minimum Gasteiger partial charge on any atom is -0.361 e. The van der Waals surface area contributed by atoms with Crippen LogP contribution in [-0.2, 0) is 10.5 Å². The molecule has 2 aromatic rings. The van der Waals surface area contributed by atoms with Crippen LogP contribution in [0.4, 0.5) is 5.69 Å². The Bertz CT molecular complexity index is 797. The molecule has 144 valence electrons. The monoisotopic (exact) mass is 434 g/mol. The predicted octanol–water partition coefficient (Wildman–Crippen LogP) is 3.87. The number of hydrogen-bond donors (Lipinski definition) is 1. The number of nitro benzene ring substituents is 1. The third-order valence-corrected chi connectivity index (χ3v) is 5.43. The summed E-state index contributed by atoms with van der Waals surface area (Å²) >= 11 is 0. The molecule has 1 N–H and O–H groups in total. The van der Waals surface area contributed by atoms with E-state index < -0.39 is 10.7 Å². The van der Waals surface area contributed by atoms with Crippen molar-refractivity contribution in [3.05, 3.63) is 64.2 Å². The topological polar surface area (TPSA) is 75.8 Å². The fraction of sp³-hybridized carbons (Fsp3) is 0.400. The Labute approximate surface area is 168 Å². The molecule has 6 nitrogen and oxygen atoms in total. The van der Waals surface area contributed by atoms with E-state index in [0.29, 0.717) is 19.2 Å². The highest BCUT2D eigenvalue weighted by Crippen LogP contribution is 2.34. The zero-order valence-electron chi connectivity index (χ0n) is 14.9. The first-order chi connectivity index (χ1) is 12.5. The average molecular weight is 435 g/mol. The van der Waals surface area contributed by atoms with Crippen molar-refractivity contribution in [1.29, 1.82) is 0 Å². The van der Waals surface area contributed by atoms with Crippen LogP contribution < -0.4 is 0 Å². The Morgan fingerprint density at radius 1 is 1.07 bits per heavy atom. The lowest BCUT2D eigenvalue weighted by Crippen LogP contribution is -2.56. The summed E-state index contributed by atoms with van der Waals surface area (Å²) in [5.41, 5.74) is 2.66. The van der Waals surface area contributed by atoms with Gasteiger partial charge in [0.15, 0.2) is 0 Å². The molecule has 2 saturated heterocycles. The van der Waals surface area contributed by atoms with Crippen LogP contribution in [0.3, 0.4) is 0 Å². The minimum atomic E-state index is -1.28. The SMILES string of the molecule is Br.O=[N+]([O-])c1ccc(-c2ccc(C3(O)CN4CCCCC4CO3)cc2)cc1. The van der Waals surface area contributed by atoms with Gasteiger partial charge in [-0.05, 0) is 42.6 Å². The fourth-order valence-electron chi connectivity index (χ4n) is 3.89. The van der Waals surface area contributed by atoms with E-state index in [1.54, 1.807) is 12.1 Å². The van der Waals surface area contributed by atoms with Crippen LogP contribution in [0.1, 0.15) is 24.8 Å². The summed E-state index contributed by atoms with van der Waals surface area (Å²) in [6.45, 7) is 2.06. The zero-order chi connectivity index (χ0) is 18.1. The third kappa shape index (κ3) is 4.06. The van der Waals surface area contributed by atoms with Crippen molar-refractivity contribution in [3.8, 4) is 11.1 Å². The number of non-ortho nitro benzene ring substituents is 1. The molecule has 0 bridgehead atoms. The molecule has 2 fully saturated rings. The van der Waals surface area contributed by atoms with Crippen molar-refractivity contribution in [2.45, 2.75) is 31.1 Å². The summed E-state index contributed by atoms with van der Waals surface area (Å²) in [7, 11) is 0. The summed E-state index contributed by atoms with van der Waals surface area (Å²) < 4.78 is 5.85. The van der Waals surface area contributed by atoms with Crippen LogP contribution in [0, 0.1) is 10.1 Å². The van der Waals surface area contributed by atoms with Crippen LogP contribution in [0.2, 0.25) is 0 Å². The second kappa shape index (κ2) is 8.06. The van der Waals surface area contributed by atoms with Crippen LogP contribution in [0.25, 0.3) is 11.1 Å². The summed E-state index contributed by atoms with van der Waals surface area (Å²) in [6, 6.07) is 14.5. The highest BCUT2D eigenvalue weighted by molar-refractivity contribution is 8.93. The molecule has 0 radical (unpaired) electrons. The first kappa shape index (κ1) is 19.9. The van der Waals surface area contributed by atoms with Gasteiger partial charge in [-0.3, -0.25) is 15.0 Å². The zero-order valence-corrected chi connectivity index (χ0v) is 16.6. The number of fused-ring (bicyclic) bond motifs is 1. The fourth-order valence-corrected chi connectivity index (χ4v) is 3.89. The number of morpholine rings is 1. The lowest BCUT2D eigenvalue weighted by atomic mass is 9.95. The normalized spacial score (nSPS) is 25.3. The van der Waals surface area contributed by atoms with Gasteiger partial charge in [-0.25, -0.2) is 0 Å². The van der Waals surface area contributed by atoms with Crippen molar-refractivity contribution < 1.29 is 14.8 Å². The minimum absolute atomic E-state index is 0. The molecule has 2 atom stereocenters. The molecule has 2 aliphatic heterocycles. The predicted molar refractivity (Wildman–Crippen MR) is 108 cm³/mol. The van der Waals surface area contributed by atoms with Gasteiger partial charge in [0.2, 0.25) is 5.79 Å². The average Bonchev–Trinajstić information content (AvgIpc) is 2.68. The molecule has 0 saturated carbocycles. The quantitative estimate of drug-likeness (QED) is 0.585. The second-order valence-electron chi connectivity index (χ2n) is 7.10. The largest absolute Gasteiger partial charge is 0.361 e. The first-order valence-corrected chi connectivity index (χ1v) is 9.01. The van der Waals surface area contributed by atoms with Crippen LogP contribution in [0.5, 0.6) is 0 Å². The molecule has 2 unspecified atom stereocenters. The number of nitrogens with zero attached hydrogens (tertiary/aromatic N) is 2. The second-order valence-corrected chi connectivity index (χ2v) is 7.10. The number of rotatable bonds is 3. The van der Waals surface area contributed by atoms with Gasteiger partial charge in [-0.2, -0.15) is 0 Å². The lowest BCUT2D eigenvalue weighted by Gasteiger charge is -2.46. The first-order valence-electron chi connectivity index (χ1n) is 9.01. The molecule has 27 heavy (non-hydrogen) atoms. The van der Waals surface area contributed by atoms with Gasteiger partial charge in [0.25, 0.3) is 5.69 Å². The van der Waals surface area contributed by atoms with E-state index in [-0.39, 0.29) is 22.7 Å². The van der Waals surface area contributed by atoms with Crippen molar-refractivity contribution in [1.82, 2.24) is 4.90 Å². The molecule has 0 amide bonds. The molecule has 0 aliphatic carbocycles. The van der Waals surface area contributed by atoms with Gasteiger partial charge in [0, 0.05) is 23.7 Å². The van der Waals surface area contributed by atoms with Gasteiger partial charge in [0.05, 0.1) is 18.1 Å². The standard InChI is InChI=1S/C20H22N2O4.BrH/c23-20(14-21-12-2-1-3-19(21)13-26-20)17-8-4-15(5-9-17)16-6-10-18(11-7-16)22(24)25;/h4-11,19,23H,1-3,12-14H2;1H. The maximum Gasteiger partial charge on any atom is 0.269 e. The molecule has 0 spiro atoms. The van der Waals surface area contributed by atoms with Crippen LogP contribution >= 0.6 is 17.0 Å². The molecule has 2 aromatic carbocycles. The van der Waals surface area contributed by atoms with Crippen molar-refractivity contribution in [2.75, 3.05) is 19.7 Å². The Morgan fingerprint density at radius 2 is 1.70 bits per heavy atom. The molecule has 2 aliphatic rings. The molecule has 7 heteroatoms. The Hall–Kier alpha value is -1.80. The molecule has 0 aromatic heterocycles. The van der Waals surface area contributed by atoms with Crippen LogP contribution in [-0.4, -0.2) is 40.7 Å². The number of nitro groups is 1. The van der Waals surface area contributed by atoms with Gasteiger partial charge >= 0.3 is 0 Å². The maximum atomic E-state index is 11.0. The lowest BCUT2D eigenvalue weighted by molar-refractivity contribution is -0.384. The summed E-state index contributed by atoms with van der Waals surface area (Å²) in [6.07, 6.45) is 3.54. The molecule has 4 rings (SSSR count). The number of hydrogen-bond acceptors (Lipinski definition) is 5. The van der Waals surface area contributed by atoms with E-state index in [9.17, 15) is 15.2 Å². The third-order valence-electron chi connectivity index (χ3n) is 5.43. The number of ether oxygens (including phenoxy) is 1. The van der Waals surface area contributed by atoms with E-state index in [1.807, 2.05) is 24.3 Å². The van der Waals surface area contributed by atoms with Crippen molar-refractivity contribution in [3.63, 3.8) is 0 Å². The number of aliphatic hydroxyl groups is 1. The molecular formula is C20H23BrN2O4. The van der Waals surface area contributed by atoms with E-state index in [0.717, 1.165) is 29.7 Å². The van der Waals surface area contributed by atoms with E-state index in [1.165, 1.54) is 25.0 Å². The van der Waals surface area contributed by atoms with Gasteiger partial charge in [0.1, 0.15) is 0 Å². The van der Waals surface area contributed by atoms with Crippen molar-refractivity contribution >= 4 is 22.7 Å². The van der Waals surface area contributed by atoms with E-state index in [2.05, 4.69) is 4.90 Å². The number of piperidine rings is 1. The molecule has 2 heterocycles. The summed E-state index contributed by atoms with van der Waals surface area (Å²) in [5, 5.41) is 21.8. The van der Waals surface area contributed by atoms with E-state index >= 15 is 0 Å². The number of halogens is 1. The molecular weight excluding hydrogens is 412 g/mol. The number of benzene rings is 2. The van der Waals surface area contributed by atoms with E-state index in [4.69, 9.17) is 4.74 Å². The van der Waals surface area contributed by atoms with Gasteiger partial charge in [-0.1, -0.05) is 30.7 Å². The smallest absolute Gasteiger partial charge is 0.269 e. The summed E-state index contributed by atoms with van der Waals surface area (Å²) in [4.78, 5) is 12.7. The van der Waals surface area contributed by atoms with Gasteiger partial charge in [-0.15, -0.1) is 17.0 Å². The van der Waals surface area contributed by atoms with Crippen molar-refractivity contribution in [2.24, 2.45) is 0 Å². The Morgan fingerprint density at radius 3 is 2.33 bits per heavy atom. The Kier molecular flexibility index (Phi) is 5.95. The summed E-state index contributed by atoms with van der Waals surface area (Å²) in [5.74, 6) is -1.28. The Balaban J connectivity index is 0.00000210.